The van der Waals surface area contributed by atoms with Crippen molar-refractivity contribution in [2.75, 3.05) is 0 Å². The monoisotopic (exact) mass is 496 g/mol. The van der Waals surface area contributed by atoms with Crippen molar-refractivity contribution < 1.29 is 9.59 Å². The predicted molar refractivity (Wildman–Crippen MR) is 143 cm³/mol. The maximum Gasteiger partial charge on any atom is 0.262 e. The summed E-state index contributed by atoms with van der Waals surface area (Å²) in [6.07, 6.45) is 1.62. The molecule has 0 radical (unpaired) electrons. The molecule has 2 amide bonds. The number of benzene rings is 3. The normalized spacial score (nSPS) is 11.0. The number of carbonyl (C=O) groups is 2. The van der Waals surface area contributed by atoms with E-state index in [9.17, 15) is 14.4 Å². The van der Waals surface area contributed by atoms with E-state index < -0.39 is 5.91 Å². The lowest BCUT2D eigenvalue weighted by Crippen LogP contribution is -2.42. The third kappa shape index (κ3) is 4.89. The molecule has 0 atom stereocenters. The van der Waals surface area contributed by atoms with Crippen LogP contribution in [0.5, 0.6) is 0 Å². The minimum atomic E-state index is -0.391. The lowest BCUT2D eigenvalue weighted by atomic mass is 10.0. The second-order valence-electron chi connectivity index (χ2n) is 8.60. The second-order valence-corrected chi connectivity index (χ2v) is 9.46. The Hall–Kier alpha value is -4.30. The first kappa shape index (κ1) is 23.4. The molecule has 2 heterocycles. The van der Waals surface area contributed by atoms with Crippen molar-refractivity contribution in [3.8, 4) is 11.1 Å². The summed E-state index contributed by atoms with van der Waals surface area (Å²) in [4.78, 5) is 43.0. The molecule has 0 bridgehead atoms. The first-order valence-corrected chi connectivity index (χ1v) is 12.5. The van der Waals surface area contributed by atoms with Crippen LogP contribution < -0.4 is 16.4 Å². The zero-order valence-corrected chi connectivity index (χ0v) is 20.5. The molecule has 0 unspecified atom stereocenters. The molecule has 0 aliphatic carbocycles. The van der Waals surface area contributed by atoms with E-state index in [1.54, 1.807) is 0 Å². The Morgan fingerprint density at radius 2 is 1.69 bits per heavy atom. The number of hydrazine groups is 1. The number of hydrogen-bond donors (Lipinski definition) is 2. The highest BCUT2D eigenvalue weighted by Gasteiger charge is 2.14. The van der Waals surface area contributed by atoms with Crippen molar-refractivity contribution in [1.29, 1.82) is 0 Å². The van der Waals surface area contributed by atoms with Crippen LogP contribution in [0.4, 0.5) is 0 Å². The molecule has 180 valence electrons. The molecule has 5 aromatic rings. The molecular weight excluding hydrogens is 472 g/mol. The maximum absolute atomic E-state index is 13.2. The summed E-state index contributed by atoms with van der Waals surface area (Å²) in [5.74, 6) is -0.710. The Morgan fingerprint density at radius 3 is 2.53 bits per heavy atom. The SMILES string of the molecule is Cc1ccc(-c2csc3ncn(CCC(=O)NNC(=O)Cc4cccc5ccccc45)c(=O)c23)cc1. The lowest BCUT2D eigenvalue weighted by Gasteiger charge is -2.10. The van der Waals surface area contributed by atoms with Gasteiger partial charge in [0.1, 0.15) is 4.83 Å². The summed E-state index contributed by atoms with van der Waals surface area (Å²) >= 11 is 1.42. The van der Waals surface area contributed by atoms with Gasteiger partial charge in [0.2, 0.25) is 11.8 Å². The van der Waals surface area contributed by atoms with Crippen LogP contribution in [0.25, 0.3) is 32.1 Å². The second kappa shape index (κ2) is 10.1. The standard InChI is InChI=1S/C28H24N4O3S/c1-18-9-11-20(12-10-18)23-16-36-27-26(23)28(35)32(17-29-27)14-13-24(33)30-31-25(34)15-21-7-4-6-19-5-2-3-8-22(19)21/h2-12,16-17H,13-15H2,1H3,(H,30,33)(H,31,34). The van der Waals surface area contributed by atoms with Gasteiger partial charge in [-0.15, -0.1) is 11.3 Å². The number of aryl methyl sites for hydroxylation is 2. The van der Waals surface area contributed by atoms with Gasteiger partial charge in [-0.3, -0.25) is 29.8 Å². The third-order valence-electron chi connectivity index (χ3n) is 6.08. The van der Waals surface area contributed by atoms with Gasteiger partial charge >= 0.3 is 0 Å². The molecule has 0 spiro atoms. The smallest absolute Gasteiger partial charge is 0.262 e. The van der Waals surface area contributed by atoms with E-state index in [4.69, 9.17) is 0 Å². The fourth-order valence-electron chi connectivity index (χ4n) is 4.16. The van der Waals surface area contributed by atoms with Crippen LogP contribution in [-0.4, -0.2) is 21.4 Å². The van der Waals surface area contributed by atoms with Gasteiger partial charge < -0.3 is 0 Å². The highest BCUT2D eigenvalue weighted by molar-refractivity contribution is 7.17. The van der Waals surface area contributed by atoms with Crippen LogP contribution in [0.1, 0.15) is 17.5 Å². The predicted octanol–water partition coefficient (Wildman–Crippen LogP) is 4.37. The van der Waals surface area contributed by atoms with Gasteiger partial charge in [-0.05, 0) is 28.8 Å². The van der Waals surface area contributed by atoms with Gasteiger partial charge in [-0.25, -0.2) is 4.98 Å². The third-order valence-corrected chi connectivity index (χ3v) is 6.96. The molecule has 2 N–H and O–H groups in total. The first-order chi connectivity index (χ1) is 17.5. The Bertz CT molecular complexity index is 1630. The molecule has 0 saturated carbocycles. The van der Waals surface area contributed by atoms with E-state index in [0.717, 1.165) is 33.0 Å². The molecule has 7 nitrogen and oxygen atoms in total. The van der Waals surface area contributed by atoms with Gasteiger partial charge in [0.05, 0.1) is 18.1 Å². The van der Waals surface area contributed by atoms with E-state index in [1.807, 2.05) is 79.0 Å². The van der Waals surface area contributed by atoms with Crippen LogP contribution in [-0.2, 0) is 22.6 Å². The highest BCUT2D eigenvalue weighted by atomic mass is 32.1. The number of aromatic nitrogens is 2. The number of amides is 2. The molecular formula is C28H24N4O3S. The molecule has 0 fully saturated rings. The molecule has 3 aromatic carbocycles. The van der Waals surface area contributed by atoms with Crippen LogP contribution in [0.2, 0.25) is 0 Å². The van der Waals surface area contributed by atoms with E-state index in [0.29, 0.717) is 10.2 Å². The maximum atomic E-state index is 13.2. The van der Waals surface area contributed by atoms with Crippen molar-refractivity contribution in [3.05, 3.63) is 99.9 Å². The summed E-state index contributed by atoms with van der Waals surface area (Å²) < 4.78 is 1.43. The van der Waals surface area contributed by atoms with E-state index >= 15 is 0 Å². The average Bonchev–Trinajstić information content (AvgIpc) is 3.33. The van der Waals surface area contributed by atoms with E-state index in [1.165, 1.54) is 22.2 Å². The first-order valence-electron chi connectivity index (χ1n) is 11.6. The number of hydrogen-bond acceptors (Lipinski definition) is 5. The summed E-state index contributed by atoms with van der Waals surface area (Å²) in [7, 11) is 0. The van der Waals surface area contributed by atoms with E-state index in [-0.39, 0.29) is 30.9 Å². The number of nitrogens with one attached hydrogen (secondary N) is 2. The number of rotatable bonds is 6. The molecule has 5 rings (SSSR count). The quantitative estimate of drug-likeness (QED) is 0.342. The average molecular weight is 497 g/mol. The summed E-state index contributed by atoms with van der Waals surface area (Å²) in [5.41, 5.74) is 8.54. The molecule has 36 heavy (non-hydrogen) atoms. The van der Waals surface area contributed by atoms with Gasteiger partial charge in [0, 0.05) is 23.9 Å². The Labute approximate surface area is 211 Å². The number of carbonyl (C=O) groups excluding carboxylic acids is 2. The van der Waals surface area contributed by atoms with Crippen molar-refractivity contribution in [2.24, 2.45) is 0 Å². The van der Waals surface area contributed by atoms with Gasteiger partial charge in [-0.2, -0.15) is 0 Å². The minimum absolute atomic E-state index is 0.0195. The van der Waals surface area contributed by atoms with Gasteiger partial charge in [0.15, 0.2) is 0 Å². The summed E-state index contributed by atoms with van der Waals surface area (Å²) in [6.45, 7) is 2.16. The van der Waals surface area contributed by atoms with Gasteiger partial charge in [0.25, 0.3) is 5.56 Å². The summed E-state index contributed by atoms with van der Waals surface area (Å²) in [6, 6.07) is 21.6. The molecule has 2 aromatic heterocycles. The molecule has 8 heteroatoms. The Balaban J connectivity index is 1.22. The van der Waals surface area contributed by atoms with Crippen molar-refractivity contribution >= 4 is 44.1 Å². The number of nitrogens with zero attached hydrogens (tertiary/aromatic N) is 2. The Kier molecular flexibility index (Phi) is 6.60. The largest absolute Gasteiger partial charge is 0.298 e. The zero-order chi connectivity index (χ0) is 25.1. The molecule has 0 aliphatic heterocycles. The Morgan fingerprint density at radius 1 is 0.944 bits per heavy atom. The number of thiophene rings is 1. The van der Waals surface area contributed by atoms with Crippen LogP contribution in [0.15, 0.2) is 83.2 Å². The van der Waals surface area contributed by atoms with Crippen molar-refractivity contribution in [3.63, 3.8) is 0 Å². The van der Waals surface area contributed by atoms with Crippen molar-refractivity contribution in [2.45, 2.75) is 26.3 Å². The zero-order valence-electron chi connectivity index (χ0n) is 19.7. The highest BCUT2D eigenvalue weighted by Crippen LogP contribution is 2.30. The fourth-order valence-corrected chi connectivity index (χ4v) is 5.07. The van der Waals surface area contributed by atoms with Crippen LogP contribution in [0, 0.1) is 6.92 Å². The summed E-state index contributed by atoms with van der Waals surface area (Å²) in [5, 5.41) is 4.54. The van der Waals surface area contributed by atoms with Crippen molar-refractivity contribution in [1.82, 2.24) is 20.4 Å². The molecule has 0 aliphatic rings. The number of fused-ring (bicyclic) bond motifs is 2. The lowest BCUT2D eigenvalue weighted by molar-refractivity contribution is -0.128. The fraction of sp³-hybridized carbons (Fsp3) is 0.143. The molecule has 0 saturated heterocycles. The topological polar surface area (TPSA) is 93.1 Å². The minimum Gasteiger partial charge on any atom is -0.298 e. The van der Waals surface area contributed by atoms with Crippen LogP contribution >= 0.6 is 11.3 Å². The van der Waals surface area contributed by atoms with Crippen LogP contribution in [0.3, 0.4) is 0 Å². The van der Waals surface area contributed by atoms with E-state index in [2.05, 4.69) is 15.8 Å². The van der Waals surface area contributed by atoms with Gasteiger partial charge in [-0.1, -0.05) is 72.3 Å².